The summed E-state index contributed by atoms with van der Waals surface area (Å²) < 4.78 is 320. The molecule has 0 spiro atoms. The third-order valence-corrected chi connectivity index (χ3v) is 27.8. The molecule has 21 heteroatoms. The van der Waals surface area contributed by atoms with E-state index in [1.165, 1.54) is 38.5 Å². The van der Waals surface area contributed by atoms with Crippen molar-refractivity contribution in [3.05, 3.63) is 209 Å². The highest BCUT2D eigenvalue weighted by Gasteiger charge is 2.48. The van der Waals surface area contributed by atoms with Crippen LogP contribution in [0.3, 0.4) is 0 Å². The molecule has 742 valence electrons. The summed E-state index contributed by atoms with van der Waals surface area (Å²) >= 11 is 0. The molecule has 7 aromatic carbocycles. The number of aliphatic hydroxyl groups is 7. The topological polar surface area (TPSA) is 229 Å². The summed E-state index contributed by atoms with van der Waals surface area (Å²) in [5.41, 5.74) is -4.23. The van der Waals surface area contributed by atoms with Gasteiger partial charge in [0.2, 0.25) is 0 Å². The van der Waals surface area contributed by atoms with Crippen LogP contribution in [0.4, 0.5) is 0 Å². The Balaban J connectivity index is 0.000000241. The number of ether oxygens (including phenoxy) is 7. The fraction of sp³-hybridized carbons (Fsp3) is 0.625. The van der Waals surface area contributed by atoms with Crippen molar-refractivity contribution in [1.82, 2.24) is 34.3 Å². The first kappa shape index (κ1) is 67.0. The highest BCUT2D eigenvalue weighted by Crippen LogP contribution is 2.50. The van der Waals surface area contributed by atoms with Crippen LogP contribution in [-0.4, -0.2) is 263 Å². The Morgan fingerprint density at radius 3 is 0.564 bits per heavy atom. The third-order valence-electron chi connectivity index (χ3n) is 27.8. The van der Waals surface area contributed by atoms with Crippen molar-refractivity contribution in [3.63, 3.8) is 0 Å². The number of nitrogens with zero attached hydrogens (tertiary/aromatic N) is 7. The molecular weight excluding hydrogens is 1670 g/mol. The van der Waals surface area contributed by atoms with Crippen LogP contribution >= 0.6 is 0 Å². The fourth-order valence-electron chi connectivity index (χ4n) is 20.8. The minimum Gasteiger partial charge on any atom is -0.497 e. The standard InChI is InChI=1S/7C16H25NO2/c7*1-17(2)12-14-7-4-5-10-16(14,18)13-8-6-9-15(11-13)19-3/h7*6,8-9,11,14,18H,4-5,7,10,12H2,1-3H3/t7*14-,16+/m1111000/s1/i1D3,2D3,3D3;1D3,2D3;12D2;3D3;1D3,2D3,3D3;1D3,2D3;3D3. The maximum Gasteiger partial charge on any atom is 0.119 e. The molecule has 0 aromatic heterocycles. The van der Waals surface area contributed by atoms with Crippen molar-refractivity contribution < 1.29 is 121 Å². The molecule has 7 saturated carbocycles. The van der Waals surface area contributed by atoms with Gasteiger partial charge in [0.05, 0.1) is 105 Å². The number of hydrogen-bond acceptors (Lipinski definition) is 21. The highest BCUT2D eigenvalue weighted by molar-refractivity contribution is 5.40. The van der Waals surface area contributed by atoms with E-state index >= 15 is 0 Å². The lowest BCUT2D eigenvalue weighted by Crippen LogP contribution is -2.43. The molecule has 0 bridgehead atoms. The van der Waals surface area contributed by atoms with Crippen LogP contribution in [0, 0.1) is 41.4 Å². The summed E-state index contributed by atoms with van der Waals surface area (Å²) in [6, 6.07) is 47.3. The Hall–Kier alpha value is -7.42. The first-order valence-electron chi connectivity index (χ1n) is 65.7. The van der Waals surface area contributed by atoms with E-state index in [0.717, 1.165) is 120 Å². The predicted molar refractivity (Wildman–Crippen MR) is 542 cm³/mol. The van der Waals surface area contributed by atoms with Gasteiger partial charge in [-0.25, -0.2) is 0 Å². The molecule has 0 heterocycles. The summed E-state index contributed by atoms with van der Waals surface area (Å²) in [5, 5.41) is 79.3. The molecule has 0 aliphatic heterocycles. The molecule has 14 atom stereocenters. The van der Waals surface area contributed by atoms with Crippen molar-refractivity contribution in [2.24, 2.45) is 41.4 Å². The molecule has 0 unspecified atom stereocenters. The molecule has 0 amide bonds. The Morgan fingerprint density at radius 2 is 0.406 bits per heavy atom. The molecule has 133 heavy (non-hydrogen) atoms. The van der Waals surface area contributed by atoms with Crippen molar-refractivity contribution in [2.45, 2.75) is 219 Å². The van der Waals surface area contributed by atoms with Gasteiger partial charge in [0, 0.05) is 123 Å². The van der Waals surface area contributed by atoms with E-state index in [9.17, 15) is 35.7 Å². The molecule has 21 nitrogen and oxygen atoms in total. The smallest absolute Gasteiger partial charge is 0.119 e. The van der Waals surface area contributed by atoms with Crippen LogP contribution in [0.1, 0.15) is 271 Å². The molecule has 7 aliphatic carbocycles. The van der Waals surface area contributed by atoms with Gasteiger partial charge in [-0.1, -0.05) is 175 Å². The molecule has 0 saturated heterocycles. The minimum atomic E-state index is -2.84. The number of hydrogen-bond donors (Lipinski definition) is 7. The molecule has 0 radical (unpaired) electrons. The van der Waals surface area contributed by atoms with Gasteiger partial charge in [0.15, 0.2) is 0 Å². The lowest BCUT2D eigenvalue weighted by molar-refractivity contribution is -0.0621. The zero-order chi connectivity index (χ0) is 129. The van der Waals surface area contributed by atoms with Crippen LogP contribution in [0.25, 0.3) is 0 Å². The number of benzene rings is 7. The first-order chi connectivity index (χ1) is 78.4. The minimum absolute atomic E-state index is 0.0544. The normalized spacial score (nSPS) is 33.0. The van der Waals surface area contributed by atoms with Gasteiger partial charge in [-0.05, 0) is 312 Å². The van der Waals surface area contributed by atoms with Crippen LogP contribution in [0.15, 0.2) is 170 Å². The lowest BCUT2D eigenvalue weighted by atomic mass is 9.71. The maximum atomic E-state index is 11.4. The Bertz CT molecular complexity index is 5650. The Labute approximate surface area is 855 Å². The molecule has 14 rings (SSSR count). The lowest BCUT2D eigenvalue weighted by Gasteiger charge is -2.41. The zero-order valence-electron chi connectivity index (χ0n) is 117. The van der Waals surface area contributed by atoms with E-state index in [2.05, 4.69) is 9.80 Å². The van der Waals surface area contributed by atoms with Crippen LogP contribution in [-0.2, 0) is 39.2 Å². The van der Waals surface area contributed by atoms with Gasteiger partial charge >= 0.3 is 0 Å². The van der Waals surface area contributed by atoms with Crippen molar-refractivity contribution >= 4 is 0 Å². The summed E-state index contributed by atoms with van der Waals surface area (Å²) in [4.78, 5) is 7.75. The van der Waals surface area contributed by atoms with Gasteiger partial charge in [0.1, 0.15) is 40.2 Å². The monoisotopic (exact) mass is 1880 g/mol. The fourth-order valence-corrected chi connectivity index (χ4v) is 20.8. The number of rotatable bonds is 28. The zero-order valence-corrected chi connectivity index (χ0v) is 79.4. The van der Waals surface area contributed by atoms with Gasteiger partial charge in [-0.3, -0.25) is 0 Å². The van der Waals surface area contributed by atoms with Crippen molar-refractivity contribution in [3.8, 4) is 40.2 Å². The molecular formula is C112H175N7O14. The largest absolute Gasteiger partial charge is 0.497 e. The quantitative estimate of drug-likeness (QED) is 0.0242. The van der Waals surface area contributed by atoms with E-state index < -0.39 is 159 Å². The van der Waals surface area contributed by atoms with Crippen LogP contribution < -0.4 is 33.2 Å². The predicted octanol–water partition coefficient (Wildman–Crippen LogP) is 18.4. The van der Waals surface area contributed by atoms with Gasteiger partial charge < -0.3 is 103 Å². The Morgan fingerprint density at radius 1 is 0.241 bits per heavy atom. The van der Waals surface area contributed by atoms with Crippen molar-refractivity contribution in [2.75, 3.05) is 193 Å². The summed E-state index contributed by atoms with van der Waals surface area (Å²) in [6.07, 6.45) is 20.3. The van der Waals surface area contributed by atoms with Crippen LogP contribution in [0.5, 0.6) is 40.2 Å². The van der Waals surface area contributed by atoms with Gasteiger partial charge in [-0.2, -0.15) is 0 Å². The molecule has 7 aliphatic rings. The van der Waals surface area contributed by atoms with E-state index in [-0.39, 0.29) is 61.0 Å². The summed E-state index contributed by atoms with van der Waals surface area (Å²) in [5.74, 6) is 0.0869. The van der Waals surface area contributed by atoms with E-state index in [1.54, 1.807) is 135 Å². The average molecular weight is 1880 g/mol. The molecule has 7 aromatic rings. The average Bonchev–Trinajstić information content (AvgIpc) is 0.732. The van der Waals surface area contributed by atoms with E-state index in [1.807, 2.05) is 64.6 Å². The molecule has 7 fully saturated rings. The summed E-state index contributed by atoms with van der Waals surface area (Å²) in [6.45, 7) is -23.4. The SMILES string of the molecule is [2H]C([2H])([2H])N(C[C@@H]1CCCC[C@@]1(O)c1cccc(OC)c1)C([2H])([2H])[2H].[2H]C([2H])([2H])N(C[C@H]1CCCC[C@]1(O)c1cccc(OC)c1)C([2H])([2H])[2H].[2H]C([2H])([2H])Oc1cccc([C@@]2(O)CCCC[C@@H]2CN(C([2H])([2H])[2H])C([2H])([2H])[2H])c1.[2H]C([2H])([2H])Oc1cccc([C@@]2(O)CCCC[C@@H]2CN(C)C)c1.[2H]C([2H])([2H])Oc1cccc([C@]2(O)CCCC[C@H]2CN(C([2H])([2H])[2H])C([2H])([2H])[2H])c1.[2H]C([2H])([2H])Oc1cccc([C@]2(O)CCCC[C@H]2CN(C)C)c1.[2H]C([2H])([C@H]1CCCC[C@]1(O)c1cccc(OC)c1)N(C)C. The second-order valence-electron chi connectivity index (χ2n) is 37.6. The van der Waals surface area contributed by atoms with Crippen molar-refractivity contribution in [1.29, 1.82) is 0 Å². The highest BCUT2D eigenvalue weighted by atomic mass is 16.5. The van der Waals surface area contributed by atoms with E-state index in [4.69, 9.17) is 85.2 Å². The first-order valence-corrected chi connectivity index (χ1v) is 46.7. The van der Waals surface area contributed by atoms with E-state index in [0.29, 0.717) is 149 Å². The van der Waals surface area contributed by atoms with Gasteiger partial charge in [-0.15, -0.1) is 0 Å². The third kappa shape index (κ3) is 31.3. The second-order valence-corrected chi connectivity index (χ2v) is 37.6. The van der Waals surface area contributed by atoms with Crippen LogP contribution in [0.2, 0.25) is 0 Å². The maximum absolute atomic E-state index is 11.4. The number of methoxy groups -OCH3 is 7. The Kier molecular flexibility index (Phi) is 26.9. The molecule has 7 N–H and O–H groups in total. The second kappa shape index (κ2) is 53.5. The summed E-state index contributed by atoms with van der Waals surface area (Å²) in [7, 11) is 5.88. The van der Waals surface area contributed by atoms with Gasteiger partial charge in [0.25, 0.3) is 0 Å².